The Bertz CT molecular complexity index is 830. The van der Waals surface area contributed by atoms with E-state index in [0.717, 1.165) is 16.7 Å². The monoisotopic (exact) mass is 360 g/mol. The lowest BCUT2D eigenvalue weighted by Crippen LogP contribution is -2.29. The first-order chi connectivity index (χ1) is 11.8. The number of nitrogens with one attached hydrogen (secondary N) is 1. The van der Waals surface area contributed by atoms with Crippen LogP contribution in [0.5, 0.6) is 0 Å². The normalized spacial score (nSPS) is 12.6. The number of hydrogen-bond donors (Lipinski definition) is 2. The smallest absolute Gasteiger partial charge is 0.220 e. The van der Waals surface area contributed by atoms with E-state index in [4.69, 9.17) is 5.73 Å². The molecule has 1 amide bonds. The maximum absolute atomic E-state index is 12.2. The Morgan fingerprint density at radius 2 is 1.80 bits per heavy atom. The van der Waals surface area contributed by atoms with Crippen LogP contribution in [0.25, 0.3) is 0 Å². The van der Waals surface area contributed by atoms with Gasteiger partial charge in [0, 0.05) is 12.7 Å². The number of benzene rings is 2. The summed E-state index contributed by atoms with van der Waals surface area (Å²) in [7, 11) is -3.32. The van der Waals surface area contributed by atoms with Crippen LogP contribution >= 0.6 is 0 Å². The summed E-state index contributed by atoms with van der Waals surface area (Å²) < 4.78 is 23.7. The first-order valence-electron chi connectivity index (χ1n) is 8.17. The average molecular weight is 360 g/mol. The molecule has 0 aliphatic carbocycles. The highest BCUT2D eigenvalue weighted by molar-refractivity contribution is 7.90. The lowest BCUT2D eigenvalue weighted by atomic mass is 9.97. The van der Waals surface area contributed by atoms with Crippen molar-refractivity contribution < 1.29 is 13.2 Å². The summed E-state index contributed by atoms with van der Waals surface area (Å²) in [6, 6.07) is 14.1. The van der Waals surface area contributed by atoms with E-state index in [9.17, 15) is 13.2 Å². The Balaban J connectivity index is 2.40. The molecule has 0 fully saturated rings. The van der Waals surface area contributed by atoms with Crippen molar-refractivity contribution in [3.05, 3.63) is 65.2 Å². The molecule has 0 aromatic heterocycles. The molecule has 3 N–H and O–H groups in total. The molecule has 0 spiro atoms. The van der Waals surface area contributed by atoms with E-state index in [-0.39, 0.29) is 10.8 Å². The van der Waals surface area contributed by atoms with E-state index >= 15 is 0 Å². The Morgan fingerprint density at radius 3 is 2.40 bits per heavy atom. The van der Waals surface area contributed by atoms with E-state index in [2.05, 4.69) is 5.32 Å². The van der Waals surface area contributed by atoms with Crippen molar-refractivity contribution in [2.24, 2.45) is 5.73 Å². The number of rotatable bonds is 7. The van der Waals surface area contributed by atoms with Gasteiger partial charge < -0.3 is 11.1 Å². The van der Waals surface area contributed by atoms with E-state index in [1.54, 1.807) is 18.2 Å². The zero-order valence-electron chi connectivity index (χ0n) is 14.5. The van der Waals surface area contributed by atoms with Crippen molar-refractivity contribution in [2.75, 3.05) is 12.8 Å². The van der Waals surface area contributed by atoms with Crippen LogP contribution in [0.15, 0.2) is 53.4 Å². The van der Waals surface area contributed by atoms with Gasteiger partial charge in [0.05, 0.1) is 10.9 Å². The Labute approximate surface area is 149 Å². The second kappa shape index (κ2) is 8.27. The third-order valence-corrected chi connectivity index (χ3v) is 5.05. The molecule has 6 heteroatoms. The lowest BCUT2D eigenvalue weighted by Gasteiger charge is -2.21. The van der Waals surface area contributed by atoms with Crippen molar-refractivity contribution in [1.82, 2.24) is 5.32 Å². The maximum Gasteiger partial charge on any atom is 0.220 e. The summed E-state index contributed by atoms with van der Waals surface area (Å²) >= 11 is 0. The van der Waals surface area contributed by atoms with Crippen molar-refractivity contribution >= 4 is 15.7 Å². The van der Waals surface area contributed by atoms with E-state index < -0.39 is 15.9 Å². The molecule has 0 bridgehead atoms. The van der Waals surface area contributed by atoms with Crippen LogP contribution in [-0.4, -0.2) is 27.1 Å². The highest BCUT2D eigenvalue weighted by atomic mass is 32.2. The molecule has 1 atom stereocenters. The Hall–Kier alpha value is -2.18. The van der Waals surface area contributed by atoms with Gasteiger partial charge in [-0.15, -0.1) is 0 Å². The van der Waals surface area contributed by atoms with Gasteiger partial charge in [0.25, 0.3) is 0 Å². The predicted octanol–water partition coefficient (Wildman–Crippen LogP) is 2.34. The minimum absolute atomic E-state index is 0.110. The van der Waals surface area contributed by atoms with Crippen LogP contribution < -0.4 is 11.1 Å². The topological polar surface area (TPSA) is 89.3 Å². The summed E-state index contributed by atoms with van der Waals surface area (Å²) in [4.78, 5) is 12.5. The van der Waals surface area contributed by atoms with Crippen LogP contribution in [0.2, 0.25) is 0 Å². The number of amides is 1. The van der Waals surface area contributed by atoms with Gasteiger partial charge in [-0.2, -0.15) is 0 Å². The van der Waals surface area contributed by atoms with Crippen molar-refractivity contribution in [2.45, 2.75) is 30.7 Å². The van der Waals surface area contributed by atoms with Crippen molar-refractivity contribution in [3.63, 3.8) is 0 Å². The molecule has 2 aromatic rings. The van der Waals surface area contributed by atoms with E-state index in [0.29, 0.717) is 19.4 Å². The zero-order valence-corrected chi connectivity index (χ0v) is 15.3. The molecule has 0 saturated carbocycles. The highest BCUT2D eigenvalue weighted by Crippen LogP contribution is 2.25. The molecule has 0 heterocycles. The molecule has 0 saturated heterocycles. The predicted molar refractivity (Wildman–Crippen MR) is 99.0 cm³/mol. The second-order valence-electron chi connectivity index (χ2n) is 6.15. The summed E-state index contributed by atoms with van der Waals surface area (Å²) in [6.45, 7) is 2.44. The van der Waals surface area contributed by atoms with Gasteiger partial charge in [0.1, 0.15) is 0 Å². The minimum Gasteiger partial charge on any atom is -0.345 e. The first-order valence-corrected chi connectivity index (χ1v) is 10.1. The fraction of sp³-hybridized carbons (Fsp3) is 0.316. The summed E-state index contributed by atoms with van der Waals surface area (Å²) in [5.41, 5.74) is 8.21. The zero-order chi connectivity index (χ0) is 18.4. The molecule has 134 valence electrons. The minimum atomic E-state index is -3.32. The molecule has 2 aromatic carbocycles. The van der Waals surface area contributed by atoms with E-state index in [1.807, 2.05) is 37.3 Å². The Kier molecular flexibility index (Phi) is 6.33. The number of aryl methyl sites for hydroxylation is 1. The van der Waals surface area contributed by atoms with Gasteiger partial charge in [-0.05, 0) is 43.1 Å². The number of carbonyl (C=O) groups excluding carboxylic acids is 1. The van der Waals surface area contributed by atoms with Crippen LogP contribution in [0.4, 0.5) is 0 Å². The standard InChI is InChI=1S/C19H24N2O3S/c1-14-8-10-15(11-9-14)19(21-18(22)7-4-12-20)16-5-3-6-17(13-16)25(2,23)24/h3,5-6,8-11,13,19H,4,7,12,20H2,1-2H3,(H,21,22). The van der Waals surface area contributed by atoms with Crippen LogP contribution in [0.1, 0.15) is 35.6 Å². The summed E-state index contributed by atoms with van der Waals surface area (Å²) in [5.74, 6) is -0.110. The molecular weight excluding hydrogens is 336 g/mol. The molecule has 0 aliphatic rings. The van der Waals surface area contributed by atoms with Crippen LogP contribution in [-0.2, 0) is 14.6 Å². The molecule has 1 unspecified atom stereocenters. The number of sulfone groups is 1. The number of carbonyl (C=O) groups is 1. The fourth-order valence-electron chi connectivity index (χ4n) is 2.54. The third kappa shape index (κ3) is 5.41. The summed E-state index contributed by atoms with van der Waals surface area (Å²) in [6.07, 6.45) is 2.12. The quantitative estimate of drug-likeness (QED) is 0.793. The maximum atomic E-state index is 12.2. The fourth-order valence-corrected chi connectivity index (χ4v) is 3.21. The van der Waals surface area contributed by atoms with E-state index in [1.165, 1.54) is 6.26 Å². The lowest BCUT2D eigenvalue weighted by molar-refractivity contribution is -0.121. The first kappa shape index (κ1) is 19.1. The van der Waals surface area contributed by atoms with Gasteiger partial charge in [-0.25, -0.2) is 8.42 Å². The second-order valence-corrected chi connectivity index (χ2v) is 8.16. The molecule has 0 aliphatic heterocycles. The SMILES string of the molecule is Cc1ccc(C(NC(=O)CCCN)c2cccc(S(C)(=O)=O)c2)cc1. The Morgan fingerprint density at radius 1 is 1.12 bits per heavy atom. The molecular formula is C19H24N2O3S. The van der Waals surface area contributed by atoms with Gasteiger partial charge in [0.2, 0.25) is 5.91 Å². The van der Waals surface area contributed by atoms with Gasteiger partial charge >= 0.3 is 0 Å². The molecule has 5 nitrogen and oxygen atoms in total. The highest BCUT2D eigenvalue weighted by Gasteiger charge is 2.18. The average Bonchev–Trinajstić information content (AvgIpc) is 2.58. The van der Waals surface area contributed by atoms with Crippen LogP contribution in [0.3, 0.4) is 0 Å². The number of hydrogen-bond acceptors (Lipinski definition) is 4. The number of nitrogens with two attached hydrogens (primary N) is 1. The van der Waals surface area contributed by atoms with Crippen LogP contribution in [0, 0.1) is 6.92 Å². The van der Waals surface area contributed by atoms with Gasteiger partial charge in [-0.1, -0.05) is 42.0 Å². The van der Waals surface area contributed by atoms with Gasteiger partial charge in [0.15, 0.2) is 9.84 Å². The molecule has 0 radical (unpaired) electrons. The third-order valence-electron chi connectivity index (χ3n) is 3.94. The van der Waals surface area contributed by atoms with Gasteiger partial charge in [-0.3, -0.25) is 4.79 Å². The molecule has 2 rings (SSSR count). The van der Waals surface area contributed by atoms with Crippen molar-refractivity contribution in [1.29, 1.82) is 0 Å². The van der Waals surface area contributed by atoms with Crippen molar-refractivity contribution in [3.8, 4) is 0 Å². The molecule has 25 heavy (non-hydrogen) atoms. The summed E-state index contributed by atoms with van der Waals surface area (Å²) in [5, 5.41) is 2.99. The largest absolute Gasteiger partial charge is 0.345 e.